The number of hydrogen-bond donors (Lipinski definition) is 0. The Morgan fingerprint density at radius 2 is 1.72 bits per heavy atom. The van der Waals surface area contributed by atoms with E-state index in [0.29, 0.717) is 29.9 Å². The lowest BCUT2D eigenvalue weighted by Crippen LogP contribution is -2.53. The molecule has 36 heavy (non-hydrogen) atoms. The van der Waals surface area contributed by atoms with Gasteiger partial charge >= 0.3 is 18.3 Å². The number of likely N-dealkylation sites (tertiary alicyclic amines) is 1. The van der Waals surface area contributed by atoms with Crippen LogP contribution in [0.3, 0.4) is 0 Å². The molecule has 2 fully saturated rings. The van der Waals surface area contributed by atoms with E-state index in [9.17, 15) is 31.1 Å². The van der Waals surface area contributed by atoms with Gasteiger partial charge in [0, 0.05) is 19.6 Å². The number of methoxy groups -OCH3 is 1. The smallest absolute Gasteiger partial charge is 0.416 e. The number of ether oxygens (including phenoxy) is 2. The van der Waals surface area contributed by atoms with Crippen LogP contribution in [0.25, 0.3) is 0 Å². The minimum absolute atomic E-state index is 0.000544. The van der Waals surface area contributed by atoms with Crippen molar-refractivity contribution in [3.05, 3.63) is 64.7 Å². The van der Waals surface area contributed by atoms with Crippen LogP contribution < -0.4 is 4.74 Å². The van der Waals surface area contributed by atoms with Gasteiger partial charge in [-0.15, -0.1) is 0 Å². The lowest BCUT2D eigenvalue weighted by atomic mass is 9.83. The zero-order chi connectivity index (χ0) is 26.3. The van der Waals surface area contributed by atoms with Gasteiger partial charge in [-0.3, -0.25) is 9.69 Å². The van der Waals surface area contributed by atoms with Gasteiger partial charge in [-0.05, 0) is 66.1 Å². The SMILES string of the molecule is COC(=O)C(C)C(c1cccc(OC2CN(Cc3cc(C(F)(F)F)ccc3C(F)(F)F)C2)c1)C1CC1. The van der Waals surface area contributed by atoms with Crippen molar-refractivity contribution in [2.75, 3.05) is 20.2 Å². The molecule has 4 rings (SSSR count). The van der Waals surface area contributed by atoms with Gasteiger partial charge < -0.3 is 9.47 Å². The van der Waals surface area contributed by atoms with Crippen LogP contribution in [0.1, 0.15) is 47.9 Å². The molecule has 2 aliphatic rings. The van der Waals surface area contributed by atoms with Crippen LogP contribution in [-0.4, -0.2) is 37.2 Å². The summed E-state index contributed by atoms with van der Waals surface area (Å²) < 4.78 is 90.1. The largest absolute Gasteiger partial charge is 0.488 e. The number of esters is 1. The van der Waals surface area contributed by atoms with Gasteiger partial charge in [0.1, 0.15) is 11.9 Å². The van der Waals surface area contributed by atoms with E-state index in [1.165, 1.54) is 7.11 Å². The summed E-state index contributed by atoms with van der Waals surface area (Å²) in [5.41, 5.74) is -1.63. The average Bonchev–Trinajstić information content (AvgIpc) is 3.61. The number of nitrogens with zero attached hydrogens (tertiary/aromatic N) is 1. The van der Waals surface area contributed by atoms with E-state index in [1.807, 2.05) is 25.1 Å². The Bertz CT molecular complexity index is 1090. The topological polar surface area (TPSA) is 38.8 Å². The molecular weight excluding hydrogens is 488 g/mol. The Morgan fingerprint density at radius 1 is 1.03 bits per heavy atom. The Labute approximate surface area is 205 Å². The highest BCUT2D eigenvalue weighted by Crippen LogP contribution is 2.47. The van der Waals surface area contributed by atoms with Gasteiger partial charge in [0.05, 0.1) is 24.2 Å². The van der Waals surface area contributed by atoms with Crippen LogP contribution in [0.4, 0.5) is 26.3 Å². The summed E-state index contributed by atoms with van der Waals surface area (Å²) in [6.45, 7) is 2.14. The van der Waals surface area contributed by atoms with Gasteiger partial charge in [0.25, 0.3) is 0 Å². The molecule has 0 spiro atoms. The fraction of sp³-hybridized carbons (Fsp3) is 0.500. The third-order valence-electron chi connectivity index (χ3n) is 6.84. The molecule has 1 saturated carbocycles. The number of hydrogen-bond acceptors (Lipinski definition) is 4. The average molecular weight is 515 g/mol. The van der Waals surface area contributed by atoms with Crippen LogP contribution in [-0.2, 0) is 28.4 Å². The number of rotatable bonds is 8. The molecular formula is C26H27F6NO3. The zero-order valence-electron chi connectivity index (χ0n) is 19.8. The summed E-state index contributed by atoms with van der Waals surface area (Å²) in [6.07, 6.45) is -7.72. The maximum absolute atomic E-state index is 13.4. The van der Waals surface area contributed by atoms with Gasteiger partial charge in [0.2, 0.25) is 0 Å². The van der Waals surface area contributed by atoms with E-state index < -0.39 is 29.0 Å². The van der Waals surface area contributed by atoms with Crippen LogP contribution in [0.15, 0.2) is 42.5 Å². The van der Waals surface area contributed by atoms with Crippen molar-refractivity contribution in [2.24, 2.45) is 11.8 Å². The van der Waals surface area contributed by atoms with Crippen LogP contribution >= 0.6 is 0 Å². The van der Waals surface area contributed by atoms with Crippen LogP contribution in [0.5, 0.6) is 5.75 Å². The molecule has 1 heterocycles. The predicted octanol–water partition coefficient (Wildman–Crippen LogP) is 6.29. The van der Waals surface area contributed by atoms with Crippen molar-refractivity contribution in [2.45, 2.75) is 50.7 Å². The second kappa shape index (κ2) is 9.95. The molecule has 2 atom stereocenters. The van der Waals surface area contributed by atoms with E-state index in [4.69, 9.17) is 9.47 Å². The highest BCUT2D eigenvalue weighted by Gasteiger charge is 2.40. The first-order chi connectivity index (χ1) is 16.9. The van der Waals surface area contributed by atoms with Crippen molar-refractivity contribution in [1.82, 2.24) is 4.90 Å². The molecule has 4 nitrogen and oxygen atoms in total. The minimum Gasteiger partial charge on any atom is -0.488 e. The summed E-state index contributed by atoms with van der Waals surface area (Å²) >= 11 is 0. The number of carbonyl (C=O) groups excluding carboxylic acids is 1. The summed E-state index contributed by atoms with van der Waals surface area (Å²) in [5.74, 6) is 0.382. The van der Waals surface area contributed by atoms with Gasteiger partial charge in [-0.1, -0.05) is 19.1 Å². The Kier molecular flexibility index (Phi) is 7.28. The molecule has 1 aliphatic heterocycles. The summed E-state index contributed by atoms with van der Waals surface area (Å²) in [7, 11) is 1.36. The molecule has 1 aliphatic carbocycles. The first-order valence-electron chi connectivity index (χ1n) is 11.7. The first kappa shape index (κ1) is 26.3. The summed E-state index contributed by atoms with van der Waals surface area (Å²) in [6, 6.07) is 8.93. The van der Waals surface area contributed by atoms with Crippen molar-refractivity contribution < 1.29 is 40.6 Å². The van der Waals surface area contributed by atoms with Gasteiger partial charge in [0.15, 0.2) is 0 Å². The number of carbonyl (C=O) groups is 1. The number of benzene rings is 2. The Morgan fingerprint density at radius 3 is 2.31 bits per heavy atom. The lowest BCUT2D eigenvalue weighted by Gasteiger charge is -2.39. The number of halogens is 6. The second-order valence-electron chi connectivity index (χ2n) is 9.55. The van der Waals surface area contributed by atoms with Gasteiger partial charge in [-0.25, -0.2) is 0 Å². The molecule has 2 aromatic carbocycles. The Hall–Kier alpha value is -2.75. The third-order valence-corrected chi connectivity index (χ3v) is 6.84. The van der Waals surface area contributed by atoms with Crippen LogP contribution in [0.2, 0.25) is 0 Å². The minimum atomic E-state index is -4.75. The highest BCUT2D eigenvalue weighted by molar-refractivity contribution is 5.73. The molecule has 0 bridgehead atoms. The van der Waals surface area contributed by atoms with Crippen LogP contribution in [0, 0.1) is 11.8 Å². The molecule has 0 N–H and O–H groups in total. The molecule has 1 saturated heterocycles. The zero-order valence-corrected chi connectivity index (χ0v) is 19.8. The van der Waals surface area contributed by atoms with Crippen molar-refractivity contribution >= 4 is 5.97 Å². The van der Waals surface area contributed by atoms with E-state index in [-0.39, 0.29) is 43.5 Å². The quantitative estimate of drug-likeness (QED) is 0.306. The summed E-state index contributed by atoms with van der Waals surface area (Å²) in [4.78, 5) is 13.7. The third kappa shape index (κ3) is 5.96. The second-order valence-corrected chi connectivity index (χ2v) is 9.55. The number of alkyl halides is 6. The lowest BCUT2D eigenvalue weighted by molar-refractivity contribution is -0.146. The highest BCUT2D eigenvalue weighted by atomic mass is 19.4. The molecule has 0 aromatic heterocycles. The van der Waals surface area contributed by atoms with Crippen molar-refractivity contribution in [3.8, 4) is 5.75 Å². The maximum Gasteiger partial charge on any atom is 0.416 e. The molecule has 2 unspecified atom stereocenters. The standard InChI is InChI=1S/C26H27F6NO3/c1-15(24(34)35-2)23(16-6-7-16)17-4-3-5-20(11-17)36-21-13-33(14-21)12-18-10-19(25(27,28)29)8-9-22(18)26(30,31)32/h3-5,8-11,15-16,21,23H,6-7,12-14H2,1-2H3. The molecule has 0 radical (unpaired) electrons. The predicted molar refractivity (Wildman–Crippen MR) is 119 cm³/mol. The van der Waals surface area contributed by atoms with Gasteiger partial charge in [-0.2, -0.15) is 26.3 Å². The normalized spacial score (nSPS) is 18.9. The Balaban J connectivity index is 1.41. The summed E-state index contributed by atoms with van der Waals surface area (Å²) in [5, 5.41) is 0. The molecule has 196 valence electrons. The maximum atomic E-state index is 13.4. The molecule has 2 aromatic rings. The monoisotopic (exact) mass is 515 g/mol. The van der Waals surface area contributed by atoms with E-state index in [1.54, 1.807) is 11.0 Å². The molecule has 10 heteroatoms. The fourth-order valence-corrected chi connectivity index (χ4v) is 4.89. The van der Waals surface area contributed by atoms with Crippen molar-refractivity contribution in [1.29, 1.82) is 0 Å². The van der Waals surface area contributed by atoms with E-state index >= 15 is 0 Å². The van der Waals surface area contributed by atoms with E-state index in [0.717, 1.165) is 18.4 Å². The fourth-order valence-electron chi connectivity index (χ4n) is 4.89. The van der Waals surface area contributed by atoms with Crippen molar-refractivity contribution in [3.63, 3.8) is 0 Å². The van der Waals surface area contributed by atoms with E-state index in [2.05, 4.69) is 0 Å². The molecule has 0 amide bonds. The first-order valence-corrected chi connectivity index (χ1v) is 11.7.